The number of carbonyl (C=O) groups is 2. The SMILES string of the molecule is CC(NC(=O)c1ccccc1)C(=O)N1CCC(NS(=O)(=O)c2ccc(Cl)cc2)CC1. The summed E-state index contributed by atoms with van der Waals surface area (Å²) in [5.41, 5.74) is 0.493. The minimum absolute atomic E-state index is 0.155. The molecule has 0 bridgehead atoms. The summed E-state index contributed by atoms with van der Waals surface area (Å²) < 4.78 is 27.7. The van der Waals surface area contributed by atoms with Crippen LogP contribution in [0.1, 0.15) is 30.1 Å². The van der Waals surface area contributed by atoms with Gasteiger partial charge >= 0.3 is 0 Å². The third-order valence-electron chi connectivity index (χ3n) is 5.01. The summed E-state index contributed by atoms with van der Waals surface area (Å²) in [6.45, 7) is 2.48. The first-order valence-electron chi connectivity index (χ1n) is 9.69. The maximum absolute atomic E-state index is 12.7. The number of hydrogen-bond donors (Lipinski definition) is 2. The predicted molar refractivity (Wildman–Crippen MR) is 115 cm³/mol. The van der Waals surface area contributed by atoms with Gasteiger partial charge in [0.1, 0.15) is 6.04 Å². The largest absolute Gasteiger partial charge is 0.341 e. The number of nitrogens with one attached hydrogen (secondary N) is 2. The molecule has 2 amide bonds. The number of rotatable bonds is 6. The van der Waals surface area contributed by atoms with E-state index in [0.717, 1.165) is 0 Å². The predicted octanol–water partition coefficient (Wildman–Crippen LogP) is 2.43. The van der Waals surface area contributed by atoms with Crippen molar-refractivity contribution in [3.05, 3.63) is 65.2 Å². The fraction of sp³-hybridized carbons (Fsp3) is 0.333. The Morgan fingerprint density at radius 1 is 1.03 bits per heavy atom. The second-order valence-corrected chi connectivity index (χ2v) is 9.39. The average molecular weight is 450 g/mol. The van der Waals surface area contributed by atoms with Gasteiger partial charge in [-0.3, -0.25) is 9.59 Å². The van der Waals surface area contributed by atoms with Crippen molar-refractivity contribution in [1.29, 1.82) is 0 Å². The molecule has 7 nitrogen and oxygen atoms in total. The van der Waals surface area contributed by atoms with Crippen LogP contribution in [-0.2, 0) is 14.8 Å². The molecule has 0 aliphatic carbocycles. The van der Waals surface area contributed by atoms with Crippen LogP contribution in [-0.4, -0.2) is 50.3 Å². The zero-order valence-electron chi connectivity index (χ0n) is 16.5. The number of carbonyl (C=O) groups excluding carboxylic acids is 2. The van der Waals surface area contributed by atoms with Gasteiger partial charge in [-0.05, 0) is 56.2 Å². The first-order valence-corrected chi connectivity index (χ1v) is 11.5. The highest BCUT2D eigenvalue weighted by Gasteiger charge is 2.29. The van der Waals surface area contributed by atoms with E-state index < -0.39 is 16.1 Å². The summed E-state index contributed by atoms with van der Waals surface area (Å²) in [5.74, 6) is -0.486. The lowest BCUT2D eigenvalue weighted by Gasteiger charge is -2.33. The number of nitrogens with zero attached hydrogens (tertiary/aromatic N) is 1. The number of piperidine rings is 1. The van der Waals surface area contributed by atoms with Crippen LogP contribution in [0.2, 0.25) is 5.02 Å². The van der Waals surface area contributed by atoms with Crippen molar-refractivity contribution in [2.24, 2.45) is 0 Å². The monoisotopic (exact) mass is 449 g/mol. The lowest BCUT2D eigenvalue weighted by atomic mass is 10.1. The molecule has 0 aromatic heterocycles. The van der Waals surface area contributed by atoms with Crippen molar-refractivity contribution < 1.29 is 18.0 Å². The molecular formula is C21H24ClN3O4S. The maximum atomic E-state index is 12.7. The fourth-order valence-corrected chi connectivity index (χ4v) is 4.76. The highest BCUT2D eigenvalue weighted by atomic mass is 35.5. The molecule has 1 aliphatic rings. The van der Waals surface area contributed by atoms with Crippen molar-refractivity contribution in [3.63, 3.8) is 0 Å². The van der Waals surface area contributed by atoms with Crippen LogP contribution in [0.25, 0.3) is 0 Å². The minimum atomic E-state index is -3.65. The standard InChI is InChI=1S/C21H24ClN3O4S/c1-15(23-20(26)16-5-3-2-4-6-16)21(27)25-13-11-18(12-14-25)24-30(28,29)19-9-7-17(22)8-10-19/h2-10,15,18,24H,11-14H2,1H3,(H,23,26). The third-order valence-corrected chi connectivity index (χ3v) is 6.79. The van der Waals surface area contributed by atoms with E-state index in [4.69, 9.17) is 11.6 Å². The van der Waals surface area contributed by atoms with E-state index in [9.17, 15) is 18.0 Å². The molecule has 1 atom stereocenters. The Labute approximate surface area is 181 Å². The average Bonchev–Trinajstić information content (AvgIpc) is 2.74. The van der Waals surface area contributed by atoms with Gasteiger partial charge in [0, 0.05) is 29.7 Å². The fourth-order valence-electron chi connectivity index (χ4n) is 3.32. The number of amides is 2. The molecule has 1 fully saturated rings. The lowest BCUT2D eigenvalue weighted by Crippen LogP contribution is -2.52. The van der Waals surface area contributed by atoms with Gasteiger partial charge < -0.3 is 10.2 Å². The second-order valence-electron chi connectivity index (χ2n) is 7.24. The molecule has 0 radical (unpaired) electrons. The minimum Gasteiger partial charge on any atom is -0.341 e. The molecule has 1 unspecified atom stereocenters. The van der Waals surface area contributed by atoms with Crippen molar-refractivity contribution in [2.45, 2.75) is 36.7 Å². The van der Waals surface area contributed by atoms with Gasteiger partial charge in [0.05, 0.1) is 4.90 Å². The molecule has 1 saturated heterocycles. The molecular weight excluding hydrogens is 426 g/mol. The van der Waals surface area contributed by atoms with Gasteiger partial charge in [0.25, 0.3) is 5.91 Å². The molecule has 3 rings (SSSR count). The topological polar surface area (TPSA) is 95.6 Å². The molecule has 160 valence electrons. The van der Waals surface area contributed by atoms with Crippen molar-refractivity contribution in [3.8, 4) is 0 Å². The highest BCUT2D eigenvalue weighted by Crippen LogP contribution is 2.18. The zero-order valence-corrected chi connectivity index (χ0v) is 18.1. The molecule has 0 spiro atoms. The Balaban J connectivity index is 1.51. The van der Waals surface area contributed by atoms with Gasteiger partial charge in [-0.15, -0.1) is 0 Å². The number of likely N-dealkylation sites (tertiary alicyclic amines) is 1. The number of halogens is 1. The van der Waals surface area contributed by atoms with Crippen LogP contribution < -0.4 is 10.0 Å². The normalized spacial score (nSPS) is 16.1. The molecule has 0 saturated carbocycles. The first kappa shape index (κ1) is 22.3. The van der Waals surface area contributed by atoms with Crippen LogP contribution in [0.3, 0.4) is 0 Å². The molecule has 2 aromatic rings. The summed E-state index contributed by atoms with van der Waals surface area (Å²) in [7, 11) is -3.65. The van der Waals surface area contributed by atoms with Crippen LogP contribution in [0.15, 0.2) is 59.5 Å². The summed E-state index contributed by atoms with van der Waals surface area (Å²) in [6, 6.07) is 13.8. The Morgan fingerprint density at radius 2 is 1.63 bits per heavy atom. The zero-order chi connectivity index (χ0) is 21.7. The summed E-state index contributed by atoms with van der Waals surface area (Å²) in [6.07, 6.45) is 0.996. The van der Waals surface area contributed by atoms with E-state index in [1.54, 1.807) is 36.1 Å². The van der Waals surface area contributed by atoms with Crippen molar-refractivity contribution in [1.82, 2.24) is 14.9 Å². The van der Waals surface area contributed by atoms with E-state index in [1.807, 2.05) is 6.07 Å². The van der Waals surface area contributed by atoms with E-state index in [2.05, 4.69) is 10.0 Å². The summed E-state index contributed by atoms with van der Waals surface area (Å²) >= 11 is 5.81. The third kappa shape index (κ3) is 5.59. The lowest BCUT2D eigenvalue weighted by molar-refractivity contribution is -0.133. The van der Waals surface area contributed by atoms with Crippen LogP contribution in [0.5, 0.6) is 0 Å². The summed E-state index contributed by atoms with van der Waals surface area (Å²) in [4.78, 5) is 26.7. The van der Waals surface area contributed by atoms with Crippen LogP contribution in [0.4, 0.5) is 0 Å². The molecule has 9 heteroatoms. The van der Waals surface area contributed by atoms with E-state index in [0.29, 0.717) is 36.5 Å². The van der Waals surface area contributed by atoms with Gasteiger partial charge in [0.15, 0.2) is 0 Å². The number of benzene rings is 2. The molecule has 1 heterocycles. The van der Waals surface area contributed by atoms with Crippen LogP contribution >= 0.6 is 11.6 Å². The highest BCUT2D eigenvalue weighted by molar-refractivity contribution is 7.89. The smallest absolute Gasteiger partial charge is 0.251 e. The van der Waals surface area contributed by atoms with Gasteiger partial charge in [0.2, 0.25) is 15.9 Å². The second kappa shape index (κ2) is 9.59. The van der Waals surface area contributed by atoms with Gasteiger partial charge in [-0.25, -0.2) is 13.1 Å². The van der Waals surface area contributed by atoms with Crippen LogP contribution in [0, 0.1) is 0 Å². The van der Waals surface area contributed by atoms with Gasteiger partial charge in [-0.2, -0.15) is 0 Å². The number of sulfonamides is 1. The van der Waals surface area contributed by atoms with Crippen molar-refractivity contribution in [2.75, 3.05) is 13.1 Å². The quantitative estimate of drug-likeness (QED) is 0.708. The van der Waals surface area contributed by atoms with E-state index in [1.165, 1.54) is 24.3 Å². The molecule has 2 aromatic carbocycles. The molecule has 1 aliphatic heterocycles. The Bertz CT molecular complexity index is 989. The van der Waals surface area contributed by atoms with Crippen molar-refractivity contribution >= 4 is 33.4 Å². The Morgan fingerprint density at radius 3 is 2.23 bits per heavy atom. The summed E-state index contributed by atoms with van der Waals surface area (Å²) in [5, 5.41) is 3.18. The first-order chi connectivity index (χ1) is 14.3. The molecule has 30 heavy (non-hydrogen) atoms. The Hall–Kier alpha value is -2.42. The van der Waals surface area contributed by atoms with E-state index >= 15 is 0 Å². The maximum Gasteiger partial charge on any atom is 0.251 e. The number of hydrogen-bond acceptors (Lipinski definition) is 4. The van der Waals surface area contributed by atoms with Gasteiger partial charge in [-0.1, -0.05) is 29.8 Å². The molecule has 2 N–H and O–H groups in total. The van der Waals surface area contributed by atoms with E-state index in [-0.39, 0.29) is 22.8 Å². The Kier molecular flexibility index (Phi) is 7.12.